The number of nitrogens with one attached hydrogen (secondary N) is 2. The lowest BCUT2D eigenvalue weighted by molar-refractivity contribution is -0.0636. The fourth-order valence-corrected chi connectivity index (χ4v) is 3.01. The molecule has 11 heteroatoms. The van der Waals surface area contributed by atoms with Gasteiger partial charge in [0.15, 0.2) is 5.83 Å². The van der Waals surface area contributed by atoms with Crippen LogP contribution in [-0.2, 0) is 9.47 Å². The molecule has 0 rings (SSSR count). The molecule has 0 aromatic rings. The molecule has 0 spiro atoms. The summed E-state index contributed by atoms with van der Waals surface area (Å²) < 4.78 is 38.3. The zero-order chi connectivity index (χ0) is 27.3. The molecule has 0 aliphatic rings. The van der Waals surface area contributed by atoms with Gasteiger partial charge in [0.25, 0.3) is 0 Å². The molecule has 1 amide bonds. The third-order valence-corrected chi connectivity index (χ3v) is 5.33. The molecule has 0 bridgehead atoms. The van der Waals surface area contributed by atoms with Gasteiger partial charge in [-0.3, -0.25) is 5.32 Å². The maximum absolute atomic E-state index is 14.2. The van der Waals surface area contributed by atoms with Crippen molar-refractivity contribution in [3.8, 4) is 0 Å². The van der Waals surface area contributed by atoms with Crippen molar-refractivity contribution in [3.63, 3.8) is 0 Å². The van der Waals surface area contributed by atoms with E-state index in [-0.39, 0.29) is 28.8 Å². The third-order valence-electron chi connectivity index (χ3n) is 4.81. The van der Waals surface area contributed by atoms with Gasteiger partial charge in [-0.15, -0.1) is 0 Å². The first-order valence-corrected chi connectivity index (χ1v) is 11.5. The lowest BCUT2D eigenvalue weighted by Crippen LogP contribution is -2.39. The van der Waals surface area contributed by atoms with Crippen LogP contribution in [0.15, 0.2) is 69.4 Å². The van der Waals surface area contributed by atoms with E-state index >= 15 is 0 Å². The molecule has 1 unspecified atom stereocenters. The number of hydrogen-bond acceptors (Lipinski definition) is 6. The van der Waals surface area contributed by atoms with Crippen LogP contribution >= 0.6 is 23.2 Å². The maximum Gasteiger partial charge on any atom is 0.411 e. The van der Waals surface area contributed by atoms with Gasteiger partial charge in [0.2, 0.25) is 0 Å². The first-order chi connectivity index (χ1) is 16.2. The molecule has 0 aromatic carbocycles. The van der Waals surface area contributed by atoms with Crippen molar-refractivity contribution in [1.82, 2.24) is 10.6 Å². The van der Waals surface area contributed by atoms with Crippen LogP contribution in [0.3, 0.4) is 0 Å². The summed E-state index contributed by atoms with van der Waals surface area (Å²) in [5.41, 5.74) is -1.77. The first-order valence-electron chi connectivity index (χ1n) is 10.7. The van der Waals surface area contributed by atoms with Gasteiger partial charge in [-0.1, -0.05) is 49.2 Å². The topological polar surface area (TPSA) is 100 Å². The molecule has 2 atom stereocenters. The fourth-order valence-electron chi connectivity index (χ4n) is 2.72. The molecular weight excluding hydrogens is 505 g/mol. The number of ether oxygens (including phenoxy) is 2. The van der Waals surface area contributed by atoms with Crippen LogP contribution in [0, 0.1) is 0 Å². The summed E-state index contributed by atoms with van der Waals surface area (Å²) in [5.74, 6) is -2.81. The highest BCUT2D eigenvalue weighted by Gasteiger charge is 2.33. The summed E-state index contributed by atoms with van der Waals surface area (Å²) in [6, 6.07) is 0. The van der Waals surface area contributed by atoms with E-state index in [1.165, 1.54) is 14.0 Å². The summed E-state index contributed by atoms with van der Waals surface area (Å²) in [5, 5.41) is 26.7. The Labute approximate surface area is 215 Å². The van der Waals surface area contributed by atoms with Gasteiger partial charge in [0.05, 0.1) is 30.5 Å². The van der Waals surface area contributed by atoms with Gasteiger partial charge in [0.1, 0.15) is 22.9 Å². The second-order valence-electron chi connectivity index (χ2n) is 7.58. The fraction of sp³-hybridized carbons (Fsp3) is 0.458. The van der Waals surface area contributed by atoms with Gasteiger partial charge in [-0.2, -0.15) is 0 Å². The monoisotopic (exact) mass is 538 g/mol. The Hall–Kier alpha value is -2.33. The second-order valence-corrected chi connectivity index (χ2v) is 8.58. The summed E-state index contributed by atoms with van der Waals surface area (Å²) in [6.07, 6.45) is 2.40. The van der Waals surface area contributed by atoms with E-state index in [9.17, 15) is 23.8 Å². The molecule has 0 radical (unpaired) electrons. The number of aliphatic hydroxyl groups excluding tert-OH is 1. The van der Waals surface area contributed by atoms with Gasteiger partial charge >= 0.3 is 6.09 Å². The van der Waals surface area contributed by atoms with Crippen LogP contribution in [0.4, 0.5) is 13.6 Å². The molecule has 0 aliphatic heterocycles. The highest BCUT2D eigenvalue weighted by molar-refractivity contribution is 6.32. The van der Waals surface area contributed by atoms with E-state index in [0.29, 0.717) is 12.0 Å². The molecule has 0 fully saturated rings. The summed E-state index contributed by atoms with van der Waals surface area (Å²) >= 11 is 11.8. The van der Waals surface area contributed by atoms with Crippen molar-refractivity contribution in [3.05, 3.63) is 69.4 Å². The molecule has 4 N–H and O–H groups in total. The first kappa shape index (κ1) is 32.7. The number of allylic oxidation sites excluding steroid dienone is 6. The van der Waals surface area contributed by atoms with Crippen molar-refractivity contribution in [2.45, 2.75) is 59.2 Å². The van der Waals surface area contributed by atoms with E-state index in [4.69, 9.17) is 27.9 Å². The van der Waals surface area contributed by atoms with Gasteiger partial charge in [-0.25, -0.2) is 13.6 Å². The number of hydrogen-bond donors (Lipinski definition) is 4. The van der Waals surface area contributed by atoms with Crippen LogP contribution in [0.5, 0.6) is 0 Å². The second kappa shape index (κ2) is 15.6. The van der Waals surface area contributed by atoms with E-state index in [1.807, 2.05) is 0 Å². The SMILES string of the molecule is C=C(F)/C(N/C=C(/O)[C@@](O)(CCC)COC(C)/C(C)=C(NC(=O)OC)\C(Cl)=C/C)=C(F)\C=C(/C)Cl. The molecule has 198 valence electrons. The number of amides is 1. The Kier molecular flexibility index (Phi) is 14.6. The minimum absolute atomic E-state index is 0.0589. The predicted octanol–water partition coefficient (Wildman–Crippen LogP) is 6.49. The lowest BCUT2D eigenvalue weighted by Gasteiger charge is -2.29. The number of carbonyl (C=O) groups excluding carboxylic acids is 1. The van der Waals surface area contributed by atoms with E-state index in [2.05, 4.69) is 21.9 Å². The summed E-state index contributed by atoms with van der Waals surface area (Å²) in [6.45, 7) is 10.8. The third kappa shape index (κ3) is 10.9. The molecule has 0 aliphatic carbocycles. The largest absolute Gasteiger partial charge is 0.508 e. The van der Waals surface area contributed by atoms with Crippen molar-refractivity contribution in [1.29, 1.82) is 0 Å². The Morgan fingerprint density at radius 2 is 1.86 bits per heavy atom. The van der Waals surface area contributed by atoms with Crippen LogP contribution in [-0.4, -0.2) is 41.7 Å². The Morgan fingerprint density at radius 3 is 2.31 bits per heavy atom. The highest BCUT2D eigenvalue weighted by Crippen LogP contribution is 2.26. The van der Waals surface area contributed by atoms with E-state index in [1.54, 1.807) is 33.8 Å². The Balaban J connectivity index is 5.91. The van der Waals surface area contributed by atoms with Crippen molar-refractivity contribution in [2.24, 2.45) is 0 Å². The molecule has 35 heavy (non-hydrogen) atoms. The van der Waals surface area contributed by atoms with E-state index < -0.39 is 40.9 Å². The molecular formula is C24H34Cl2F2N2O5. The van der Waals surface area contributed by atoms with Crippen molar-refractivity contribution in [2.75, 3.05) is 13.7 Å². The van der Waals surface area contributed by atoms with Crippen LogP contribution in [0.25, 0.3) is 0 Å². The summed E-state index contributed by atoms with van der Waals surface area (Å²) in [4.78, 5) is 11.7. The van der Waals surface area contributed by atoms with Crippen molar-refractivity contribution < 1.29 is 33.3 Å². The number of carbonyl (C=O) groups is 1. The Bertz CT molecular complexity index is 925. The molecule has 0 saturated carbocycles. The molecule has 0 aromatic heterocycles. The molecule has 0 heterocycles. The van der Waals surface area contributed by atoms with Crippen LogP contribution in [0.2, 0.25) is 0 Å². The van der Waals surface area contributed by atoms with Crippen molar-refractivity contribution >= 4 is 29.3 Å². The van der Waals surface area contributed by atoms with Gasteiger partial charge in [-0.05, 0) is 45.8 Å². The highest BCUT2D eigenvalue weighted by atomic mass is 35.5. The zero-order valence-electron chi connectivity index (χ0n) is 20.8. The van der Waals surface area contributed by atoms with E-state index in [0.717, 1.165) is 12.3 Å². The number of methoxy groups -OCH3 is 1. The molecule has 7 nitrogen and oxygen atoms in total. The van der Waals surface area contributed by atoms with Gasteiger partial charge in [0, 0.05) is 11.2 Å². The minimum Gasteiger partial charge on any atom is -0.508 e. The molecule has 0 saturated heterocycles. The lowest BCUT2D eigenvalue weighted by atomic mass is 9.96. The number of halogens is 4. The predicted molar refractivity (Wildman–Crippen MR) is 135 cm³/mol. The van der Waals surface area contributed by atoms with Crippen LogP contribution in [0.1, 0.15) is 47.5 Å². The number of aliphatic hydroxyl groups is 2. The quantitative estimate of drug-likeness (QED) is 0.158. The minimum atomic E-state index is -1.89. The number of alkyl carbamates (subject to hydrolysis) is 1. The normalized spacial score (nSPS) is 17.1. The maximum atomic E-state index is 14.2. The zero-order valence-corrected chi connectivity index (χ0v) is 22.3. The standard InChI is InChI=1S/C24H34Cl2F2N2O5/c1-8-10-24(33,20(31)12-29-22(16(5)27)19(28)11-14(3)25)13-35-17(6)15(4)21(18(26)9-2)30-23(32)34-7/h9,11-12,17,29,31,33H,5,8,10,13H2,1-4,6-7H3,(H,30,32)/b14-11+,18-9+,20-12+,21-15+,22-19-/t17?,24-/m1/s1. The summed E-state index contributed by atoms with van der Waals surface area (Å²) in [7, 11) is 1.21. The Morgan fingerprint density at radius 1 is 1.26 bits per heavy atom. The average Bonchev–Trinajstić information content (AvgIpc) is 2.79. The smallest absolute Gasteiger partial charge is 0.411 e. The number of rotatable bonds is 13. The van der Waals surface area contributed by atoms with Crippen LogP contribution < -0.4 is 10.6 Å². The van der Waals surface area contributed by atoms with Gasteiger partial charge < -0.3 is 25.0 Å². The average molecular weight is 539 g/mol.